The molecule has 13 heavy (non-hydrogen) atoms. The molecule has 2 nitrogen and oxygen atoms in total. The Labute approximate surface area is 77.4 Å². The highest BCUT2D eigenvalue weighted by Crippen LogP contribution is 2.28. The molecule has 1 fully saturated rings. The van der Waals surface area contributed by atoms with Crippen LogP contribution >= 0.6 is 0 Å². The summed E-state index contributed by atoms with van der Waals surface area (Å²) in [4.78, 5) is 1.75. The van der Waals surface area contributed by atoms with Crippen LogP contribution in [-0.4, -0.2) is 36.5 Å². The summed E-state index contributed by atoms with van der Waals surface area (Å²) >= 11 is 0. The molecule has 0 unspecified atom stereocenters. The average Bonchev–Trinajstić information content (AvgIpc) is 2.86. The van der Waals surface area contributed by atoms with Gasteiger partial charge in [-0.25, -0.2) is 8.78 Å². The summed E-state index contributed by atoms with van der Waals surface area (Å²) in [5.74, 6) is -2.76. The molecular weight excluding hydrogens is 174 g/mol. The van der Waals surface area contributed by atoms with Crippen LogP contribution in [0, 0.1) is 0 Å². The minimum Gasteiger partial charge on any atom is -0.325 e. The average molecular weight is 190 g/mol. The third-order valence-corrected chi connectivity index (χ3v) is 2.16. The molecule has 1 aliphatic carbocycles. The fraction of sp³-hybridized carbons (Fsp3) is 0.778. The first-order valence-electron chi connectivity index (χ1n) is 4.52. The topological polar surface area (TPSA) is 29.3 Å². The zero-order chi connectivity index (χ0) is 9.90. The van der Waals surface area contributed by atoms with E-state index < -0.39 is 12.5 Å². The molecule has 2 N–H and O–H groups in total. The lowest BCUT2D eigenvalue weighted by atomic mass is 10.3. The highest BCUT2D eigenvalue weighted by molar-refractivity contribution is 4.90. The van der Waals surface area contributed by atoms with Crippen LogP contribution in [0.2, 0.25) is 0 Å². The van der Waals surface area contributed by atoms with Crippen molar-refractivity contribution >= 4 is 0 Å². The van der Waals surface area contributed by atoms with Gasteiger partial charge in [0.05, 0.1) is 13.1 Å². The molecule has 0 spiro atoms. The minimum atomic E-state index is -2.76. The standard InChI is InChI=1S/C9H16F2N2/c1-2-5-13(8-3-4-8)7-9(10,11)6-12/h2,8H,1,3-7,12H2. The Bertz CT molecular complexity index is 178. The molecule has 0 saturated heterocycles. The van der Waals surface area contributed by atoms with Gasteiger partial charge >= 0.3 is 0 Å². The number of hydrogen-bond donors (Lipinski definition) is 1. The summed E-state index contributed by atoms with van der Waals surface area (Å²) in [6, 6.07) is 0.329. The number of rotatable bonds is 6. The molecule has 0 aromatic carbocycles. The highest BCUT2D eigenvalue weighted by atomic mass is 19.3. The van der Waals surface area contributed by atoms with E-state index in [2.05, 4.69) is 6.58 Å². The van der Waals surface area contributed by atoms with Gasteiger partial charge in [0.15, 0.2) is 0 Å². The lowest BCUT2D eigenvalue weighted by Crippen LogP contribution is -2.42. The lowest BCUT2D eigenvalue weighted by Gasteiger charge is -2.25. The van der Waals surface area contributed by atoms with E-state index in [4.69, 9.17) is 5.73 Å². The van der Waals surface area contributed by atoms with Gasteiger partial charge in [0.2, 0.25) is 0 Å². The maximum Gasteiger partial charge on any atom is 0.272 e. The van der Waals surface area contributed by atoms with Crippen LogP contribution in [0.4, 0.5) is 8.78 Å². The van der Waals surface area contributed by atoms with E-state index in [0.717, 1.165) is 12.8 Å². The Kier molecular flexibility index (Phi) is 3.39. The first-order valence-corrected chi connectivity index (χ1v) is 4.52. The van der Waals surface area contributed by atoms with Crippen LogP contribution < -0.4 is 5.73 Å². The van der Waals surface area contributed by atoms with Gasteiger partial charge in [0, 0.05) is 12.6 Å². The third-order valence-electron chi connectivity index (χ3n) is 2.16. The van der Waals surface area contributed by atoms with Crippen molar-refractivity contribution in [2.45, 2.75) is 24.8 Å². The van der Waals surface area contributed by atoms with Crippen LogP contribution in [0.3, 0.4) is 0 Å². The summed E-state index contributed by atoms with van der Waals surface area (Å²) < 4.78 is 25.8. The summed E-state index contributed by atoms with van der Waals surface area (Å²) in [6.07, 6.45) is 3.70. The van der Waals surface area contributed by atoms with Gasteiger partial charge in [0.1, 0.15) is 0 Å². The lowest BCUT2D eigenvalue weighted by molar-refractivity contribution is -0.0228. The number of hydrogen-bond acceptors (Lipinski definition) is 2. The van der Waals surface area contributed by atoms with E-state index in [0.29, 0.717) is 12.6 Å². The van der Waals surface area contributed by atoms with E-state index >= 15 is 0 Å². The van der Waals surface area contributed by atoms with Gasteiger partial charge in [-0.3, -0.25) is 4.90 Å². The van der Waals surface area contributed by atoms with Crippen molar-refractivity contribution in [2.75, 3.05) is 19.6 Å². The maximum absolute atomic E-state index is 12.9. The Morgan fingerprint density at radius 1 is 1.54 bits per heavy atom. The molecule has 0 aromatic rings. The molecule has 1 saturated carbocycles. The Morgan fingerprint density at radius 3 is 2.54 bits per heavy atom. The first-order chi connectivity index (χ1) is 6.09. The van der Waals surface area contributed by atoms with E-state index in [9.17, 15) is 8.78 Å². The zero-order valence-electron chi connectivity index (χ0n) is 7.68. The number of nitrogens with zero attached hydrogens (tertiary/aromatic N) is 1. The Morgan fingerprint density at radius 2 is 2.15 bits per heavy atom. The van der Waals surface area contributed by atoms with Gasteiger partial charge in [-0.15, -0.1) is 6.58 Å². The summed E-state index contributed by atoms with van der Waals surface area (Å²) in [7, 11) is 0. The molecule has 0 heterocycles. The van der Waals surface area contributed by atoms with Crippen LogP contribution in [0.5, 0.6) is 0 Å². The fourth-order valence-corrected chi connectivity index (χ4v) is 1.31. The molecule has 0 aliphatic heterocycles. The molecule has 0 amide bonds. The van der Waals surface area contributed by atoms with Crippen LogP contribution in [0.1, 0.15) is 12.8 Å². The largest absolute Gasteiger partial charge is 0.325 e. The smallest absolute Gasteiger partial charge is 0.272 e. The Balaban J connectivity index is 2.41. The number of nitrogens with two attached hydrogens (primary N) is 1. The van der Waals surface area contributed by atoms with Crippen molar-refractivity contribution in [1.82, 2.24) is 4.90 Å². The second-order valence-electron chi connectivity index (χ2n) is 3.51. The SMILES string of the molecule is C=CCN(CC(F)(F)CN)C1CC1. The van der Waals surface area contributed by atoms with Crippen molar-refractivity contribution in [1.29, 1.82) is 0 Å². The van der Waals surface area contributed by atoms with E-state index in [1.165, 1.54) is 0 Å². The minimum absolute atomic E-state index is 0.236. The number of halogens is 2. The highest BCUT2D eigenvalue weighted by Gasteiger charge is 2.36. The van der Waals surface area contributed by atoms with E-state index in [-0.39, 0.29) is 6.54 Å². The monoisotopic (exact) mass is 190 g/mol. The normalized spacial score (nSPS) is 17.8. The van der Waals surface area contributed by atoms with Crippen molar-refractivity contribution in [3.05, 3.63) is 12.7 Å². The van der Waals surface area contributed by atoms with Gasteiger partial charge in [-0.1, -0.05) is 6.08 Å². The molecule has 1 aliphatic rings. The predicted octanol–water partition coefficient (Wildman–Crippen LogP) is 1.23. The quantitative estimate of drug-likeness (QED) is 0.638. The van der Waals surface area contributed by atoms with Crippen LogP contribution in [0.25, 0.3) is 0 Å². The number of alkyl halides is 2. The molecule has 0 radical (unpaired) electrons. The maximum atomic E-state index is 12.9. The zero-order valence-corrected chi connectivity index (χ0v) is 7.68. The molecule has 1 rings (SSSR count). The third kappa shape index (κ3) is 3.40. The first kappa shape index (κ1) is 10.6. The van der Waals surface area contributed by atoms with Crippen molar-refractivity contribution in [3.63, 3.8) is 0 Å². The van der Waals surface area contributed by atoms with Gasteiger partial charge < -0.3 is 5.73 Å². The van der Waals surface area contributed by atoms with Crippen molar-refractivity contribution in [3.8, 4) is 0 Å². The second kappa shape index (κ2) is 4.15. The summed E-state index contributed by atoms with van der Waals surface area (Å²) in [6.45, 7) is 3.26. The summed E-state index contributed by atoms with van der Waals surface area (Å²) in [5.41, 5.74) is 4.97. The van der Waals surface area contributed by atoms with Crippen molar-refractivity contribution < 1.29 is 8.78 Å². The second-order valence-corrected chi connectivity index (χ2v) is 3.51. The molecule has 0 aromatic heterocycles. The van der Waals surface area contributed by atoms with Gasteiger partial charge in [-0.2, -0.15) is 0 Å². The van der Waals surface area contributed by atoms with Gasteiger partial charge in [-0.05, 0) is 12.8 Å². The molecule has 0 atom stereocenters. The molecule has 4 heteroatoms. The van der Waals surface area contributed by atoms with E-state index in [1.807, 2.05) is 0 Å². The molecule has 76 valence electrons. The summed E-state index contributed by atoms with van der Waals surface area (Å²) in [5, 5.41) is 0. The van der Waals surface area contributed by atoms with E-state index in [1.54, 1.807) is 11.0 Å². The van der Waals surface area contributed by atoms with Crippen LogP contribution in [-0.2, 0) is 0 Å². The Hall–Kier alpha value is -0.480. The predicted molar refractivity (Wildman–Crippen MR) is 48.8 cm³/mol. The fourth-order valence-electron chi connectivity index (χ4n) is 1.31. The molecular formula is C9H16F2N2. The van der Waals surface area contributed by atoms with Crippen molar-refractivity contribution in [2.24, 2.45) is 5.73 Å². The molecule has 0 bridgehead atoms. The van der Waals surface area contributed by atoms with Crippen LogP contribution in [0.15, 0.2) is 12.7 Å². The van der Waals surface area contributed by atoms with Gasteiger partial charge in [0.25, 0.3) is 5.92 Å².